The van der Waals surface area contributed by atoms with Crippen molar-refractivity contribution in [1.29, 1.82) is 0 Å². The first-order valence-electron chi connectivity index (χ1n) is 11.0. The van der Waals surface area contributed by atoms with Crippen LogP contribution in [-0.4, -0.2) is 40.3 Å². The van der Waals surface area contributed by atoms with Gasteiger partial charge in [-0.3, -0.25) is 9.59 Å². The third-order valence-electron chi connectivity index (χ3n) is 8.88. The normalized spacial score (nSPS) is 46.0. The van der Waals surface area contributed by atoms with Crippen LogP contribution in [-0.2, 0) is 14.3 Å². The predicted octanol–water partition coefficient (Wildman–Crippen LogP) is 3.34. The summed E-state index contributed by atoms with van der Waals surface area (Å²) < 4.78 is 4.96. The van der Waals surface area contributed by atoms with Crippen molar-refractivity contribution in [3.8, 4) is 0 Å². The Morgan fingerprint density at radius 1 is 1.28 bits per heavy atom. The molecule has 4 aliphatic carbocycles. The van der Waals surface area contributed by atoms with Crippen LogP contribution in [0.5, 0.6) is 0 Å². The lowest BCUT2D eigenvalue weighted by Gasteiger charge is -2.55. The van der Waals surface area contributed by atoms with E-state index in [4.69, 9.17) is 4.74 Å². The summed E-state index contributed by atoms with van der Waals surface area (Å²) in [5, 5.41) is 21.8. The van der Waals surface area contributed by atoms with Crippen LogP contribution in [0.3, 0.4) is 0 Å². The van der Waals surface area contributed by atoms with Crippen LogP contribution >= 0.6 is 0 Å². The Labute approximate surface area is 173 Å². The van der Waals surface area contributed by atoms with E-state index in [1.807, 2.05) is 6.92 Å². The van der Waals surface area contributed by atoms with Gasteiger partial charge in [-0.1, -0.05) is 44.1 Å². The smallest absolute Gasteiger partial charge is 0.303 e. The van der Waals surface area contributed by atoms with Crippen molar-refractivity contribution in [2.24, 2.45) is 28.6 Å². The Morgan fingerprint density at radius 2 is 2.00 bits per heavy atom. The summed E-state index contributed by atoms with van der Waals surface area (Å²) in [7, 11) is 0. The average Bonchev–Trinajstić information content (AvgIpc) is 2.88. The molecule has 0 radical (unpaired) electrons. The van der Waals surface area contributed by atoms with Gasteiger partial charge in [-0.15, -0.1) is 0 Å². The predicted molar refractivity (Wildman–Crippen MR) is 109 cm³/mol. The summed E-state index contributed by atoms with van der Waals surface area (Å²) in [6.45, 7) is 7.24. The maximum absolute atomic E-state index is 13.0. The van der Waals surface area contributed by atoms with Crippen molar-refractivity contribution in [1.82, 2.24) is 0 Å². The first-order chi connectivity index (χ1) is 13.5. The number of esters is 1. The molecule has 0 amide bonds. The Morgan fingerprint density at radius 3 is 2.69 bits per heavy atom. The molecule has 4 rings (SSSR count). The summed E-state index contributed by atoms with van der Waals surface area (Å²) in [5.41, 5.74) is 0.774. The molecule has 0 saturated heterocycles. The fourth-order valence-corrected chi connectivity index (χ4v) is 7.22. The number of ketones is 1. The second-order valence-electron chi connectivity index (χ2n) is 10.3. The molecule has 5 heteroatoms. The number of Topliss-reactive ketones (excluding diaryl/α,β-unsaturated/α-hetero) is 1. The topological polar surface area (TPSA) is 83.8 Å². The fraction of sp³-hybridized carbons (Fsp3) is 0.750. The molecule has 2 N–H and O–H groups in total. The van der Waals surface area contributed by atoms with Gasteiger partial charge in [0.15, 0.2) is 6.61 Å². The van der Waals surface area contributed by atoms with E-state index < -0.39 is 17.0 Å². The zero-order valence-electron chi connectivity index (χ0n) is 18.0. The van der Waals surface area contributed by atoms with E-state index >= 15 is 0 Å². The molecule has 0 spiro atoms. The van der Waals surface area contributed by atoms with Crippen LogP contribution in [0, 0.1) is 28.6 Å². The van der Waals surface area contributed by atoms with Crippen molar-refractivity contribution < 1.29 is 24.5 Å². The SMILES string of the molecule is CC(=O)OCC(=O)[C@@]1(O)[C@@H](C)CC2C3CCC4=CC(O)CC[C@]4(C)C3=CC[C@@]21C. The minimum Gasteiger partial charge on any atom is -0.458 e. The van der Waals surface area contributed by atoms with E-state index in [1.54, 1.807) is 0 Å². The largest absolute Gasteiger partial charge is 0.458 e. The number of hydrogen-bond donors (Lipinski definition) is 2. The summed E-state index contributed by atoms with van der Waals surface area (Å²) in [6, 6.07) is 0. The highest BCUT2D eigenvalue weighted by molar-refractivity contribution is 5.91. The van der Waals surface area contributed by atoms with Crippen LogP contribution in [0.15, 0.2) is 23.3 Å². The maximum Gasteiger partial charge on any atom is 0.303 e. The Kier molecular flexibility index (Phi) is 4.86. The summed E-state index contributed by atoms with van der Waals surface area (Å²) >= 11 is 0. The lowest BCUT2D eigenvalue weighted by molar-refractivity contribution is -0.167. The lowest BCUT2D eigenvalue weighted by atomic mass is 9.50. The summed E-state index contributed by atoms with van der Waals surface area (Å²) in [5.74, 6) is -0.464. The van der Waals surface area contributed by atoms with Gasteiger partial charge in [0, 0.05) is 17.8 Å². The molecule has 2 saturated carbocycles. The van der Waals surface area contributed by atoms with Crippen molar-refractivity contribution in [2.45, 2.75) is 77.9 Å². The van der Waals surface area contributed by atoms with Crippen LogP contribution in [0.2, 0.25) is 0 Å². The van der Waals surface area contributed by atoms with Gasteiger partial charge in [-0.25, -0.2) is 0 Å². The molecule has 5 nitrogen and oxygen atoms in total. The average molecular weight is 403 g/mol. The van der Waals surface area contributed by atoms with E-state index in [-0.39, 0.29) is 35.7 Å². The number of allylic oxidation sites excluding steroid dienone is 3. The molecule has 0 aromatic heterocycles. The van der Waals surface area contributed by atoms with Gasteiger partial charge < -0.3 is 14.9 Å². The third-order valence-corrected chi connectivity index (χ3v) is 8.88. The molecule has 4 aliphatic rings. The number of rotatable bonds is 3. The highest BCUT2D eigenvalue weighted by Gasteiger charge is 2.67. The standard InChI is InChI=1S/C24H34O5/c1-14-11-20-18-6-5-16-12-17(26)7-9-22(16,3)19(18)8-10-23(20,4)24(14,28)21(27)13-29-15(2)25/h8,12,14,17-18,20,26,28H,5-7,9-11,13H2,1-4H3/t14-,17?,18?,20?,22-,23-,24-/m0/s1. The highest BCUT2D eigenvalue weighted by Crippen LogP contribution is 2.67. The number of aliphatic hydroxyl groups is 2. The Bertz CT molecular complexity index is 797. The first-order valence-corrected chi connectivity index (χ1v) is 11.0. The van der Waals surface area contributed by atoms with Gasteiger partial charge >= 0.3 is 5.97 Å². The van der Waals surface area contributed by atoms with Gasteiger partial charge in [0.05, 0.1) is 6.10 Å². The molecule has 0 aliphatic heterocycles. The molecule has 0 heterocycles. The molecule has 160 valence electrons. The van der Waals surface area contributed by atoms with Crippen LogP contribution in [0.25, 0.3) is 0 Å². The van der Waals surface area contributed by atoms with Crippen molar-refractivity contribution in [3.63, 3.8) is 0 Å². The van der Waals surface area contributed by atoms with Gasteiger partial charge in [0.1, 0.15) is 5.60 Å². The lowest BCUT2D eigenvalue weighted by Crippen LogP contribution is -2.57. The van der Waals surface area contributed by atoms with Crippen molar-refractivity contribution in [3.05, 3.63) is 23.3 Å². The van der Waals surface area contributed by atoms with Crippen LogP contribution in [0.4, 0.5) is 0 Å². The van der Waals surface area contributed by atoms with Crippen molar-refractivity contribution in [2.75, 3.05) is 6.61 Å². The molecule has 3 unspecified atom stereocenters. The van der Waals surface area contributed by atoms with Crippen LogP contribution in [0.1, 0.15) is 66.2 Å². The van der Waals surface area contributed by atoms with Gasteiger partial charge in [-0.2, -0.15) is 0 Å². The second-order valence-corrected chi connectivity index (χ2v) is 10.3. The van der Waals surface area contributed by atoms with E-state index in [0.717, 1.165) is 32.1 Å². The number of fused-ring (bicyclic) bond motifs is 5. The minimum atomic E-state index is -1.48. The number of aliphatic hydroxyl groups excluding tert-OH is 1. The number of ether oxygens (including phenoxy) is 1. The number of carbonyl (C=O) groups is 2. The second kappa shape index (κ2) is 6.78. The van der Waals surface area contributed by atoms with Gasteiger partial charge in [0.2, 0.25) is 5.78 Å². The van der Waals surface area contributed by atoms with E-state index in [9.17, 15) is 19.8 Å². The zero-order chi connectivity index (χ0) is 21.2. The van der Waals surface area contributed by atoms with E-state index in [0.29, 0.717) is 12.3 Å². The maximum atomic E-state index is 13.0. The summed E-state index contributed by atoms with van der Waals surface area (Å²) in [4.78, 5) is 24.2. The minimum absolute atomic E-state index is 0.00479. The Hall–Kier alpha value is -1.46. The van der Waals surface area contributed by atoms with E-state index in [1.165, 1.54) is 18.1 Å². The molecule has 29 heavy (non-hydrogen) atoms. The Balaban J connectivity index is 1.69. The van der Waals surface area contributed by atoms with Crippen LogP contribution < -0.4 is 0 Å². The van der Waals surface area contributed by atoms with Crippen molar-refractivity contribution >= 4 is 11.8 Å². The monoisotopic (exact) mass is 402 g/mol. The first kappa shape index (κ1) is 20.8. The zero-order valence-corrected chi connectivity index (χ0v) is 18.0. The molecule has 7 atom stereocenters. The van der Waals surface area contributed by atoms with E-state index in [2.05, 4.69) is 26.0 Å². The molecule has 0 bridgehead atoms. The number of carbonyl (C=O) groups excluding carboxylic acids is 2. The molecular formula is C24H34O5. The quantitative estimate of drug-likeness (QED) is 0.559. The highest BCUT2D eigenvalue weighted by atomic mass is 16.5. The summed E-state index contributed by atoms with van der Waals surface area (Å²) in [6.07, 6.45) is 9.18. The molecule has 2 fully saturated rings. The molecule has 0 aromatic rings. The number of hydrogen-bond acceptors (Lipinski definition) is 5. The van der Waals surface area contributed by atoms with Gasteiger partial charge in [0.25, 0.3) is 0 Å². The molecular weight excluding hydrogens is 368 g/mol. The van der Waals surface area contributed by atoms with Gasteiger partial charge in [-0.05, 0) is 56.3 Å². The fourth-order valence-electron chi connectivity index (χ4n) is 7.22. The third kappa shape index (κ3) is 2.80. The molecule has 0 aromatic carbocycles.